The summed E-state index contributed by atoms with van der Waals surface area (Å²) in [5.41, 5.74) is 0.414. The normalized spacial score (nSPS) is 21.4. The third kappa shape index (κ3) is 3.80. The topological polar surface area (TPSA) is 54.5 Å². The van der Waals surface area contributed by atoms with Crippen LogP contribution in [0.3, 0.4) is 0 Å². The Balaban J connectivity index is 1.57. The number of benzene rings is 2. The molecule has 0 bridgehead atoms. The first-order chi connectivity index (χ1) is 13.8. The summed E-state index contributed by atoms with van der Waals surface area (Å²) in [6.07, 6.45) is 4.02. The highest BCUT2D eigenvalue weighted by Gasteiger charge is 2.47. The molecule has 2 aromatic carbocycles. The number of halogens is 2. The van der Waals surface area contributed by atoms with Gasteiger partial charge in [0.1, 0.15) is 0 Å². The number of rotatable bonds is 4. The molecule has 4 nitrogen and oxygen atoms in total. The van der Waals surface area contributed by atoms with Gasteiger partial charge in [-0.2, -0.15) is 0 Å². The van der Waals surface area contributed by atoms with Gasteiger partial charge in [-0.3, -0.25) is 4.79 Å². The Morgan fingerprint density at radius 3 is 2.07 bits per heavy atom. The summed E-state index contributed by atoms with van der Waals surface area (Å²) in [6, 6.07) is 13.8. The highest BCUT2D eigenvalue weighted by molar-refractivity contribution is 7.92. The molecule has 0 radical (unpaired) electrons. The molecule has 1 saturated carbocycles. The summed E-state index contributed by atoms with van der Waals surface area (Å²) in [4.78, 5) is 15.6. The predicted molar refractivity (Wildman–Crippen MR) is 115 cm³/mol. The van der Waals surface area contributed by atoms with Gasteiger partial charge in [-0.25, -0.2) is 8.42 Å². The average molecular weight is 452 g/mol. The van der Waals surface area contributed by atoms with Crippen LogP contribution < -0.4 is 0 Å². The number of sulfone groups is 1. The number of carbonyl (C=O) groups is 1. The second-order valence-electron chi connectivity index (χ2n) is 7.96. The summed E-state index contributed by atoms with van der Waals surface area (Å²) < 4.78 is 26.1. The van der Waals surface area contributed by atoms with Crippen molar-refractivity contribution in [2.24, 2.45) is 0 Å². The summed E-state index contributed by atoms with van der Waals surface area (Å²) >= 11 is 11.9. The fraction of sp³-hybridized carbons (Fsp3) is 0.409. The van der Waals surface area contributed by atoms with E-state index in [1.54, 1.807) is 17.0 Å². The van der Waals surface area contributed by atoms with Gasteiger partial charge in [0.2, 0.25) is 5.91 Å². The van der Waals surface area contributed by atoms with E-state index in [-0.39, 0.29) is 17.3 Å². The largest absolute Gasteiger partial charge is 0.341 e. The van der Waals surface area contributed by atoms with E-state index in [0.29, 0.717) is 23.0 Å². The average Bonchev–Trinajstić information content (AvgIpc) is 3.39. The lowest BCUT2D eigenvalue weighted by Gasteiger charge is -2.33. The molecular weight excluding hydrogens is 429 g/mol. The molecule has 1 saturated heterocycles. The minimum atomic E-state index is -3.51. The molecule has 1 unspecified atom stereocenters. The molecule has 154 valence electrons. The van der Waals surface area contributed by atoms with Crippen molar-refractivity contribution >= 4 is 38.9 Å². The molecule has 0 aromatic heterocycles. The van der Waals surface area contributed by atoms with E-state index >= 15 is 0 Å². The van der Waals surface area contributed by atoms with Crippen molar-refractivity contribution in [1.82, 2.24) is 4.90 Å². The van der Waals surface area contributed by atoms with E-state index in [1.807, 2.05) is 24.3 Å². The monoisotopic (exact) mass is 451 g/mol. The third-order valence-electron chi connectivity index (χ3n) is 6.28. The van der Waals surface area contributed by atoms with Gasteiger partial charge in [-0.15, -0.1) is 0 Å². The Morgan fingerprint density at radius 1 is 0.931 bits per heavy atom. The summed E-state index contributed by atoms with van der Waals surface area (Å²) in [6.45, 7) is 0.699. The number of hydrogen-bond acceptors (Lipinski definition) is 3. The van der Waals surface area contributed by atoms with Gasteiger partial charge >= 0.3 is 0 Å². The molecule has 0 N–H and O–H groups in total. The fourth-order valence-electron chi connectivity index (χ4n) is 4.66. The van der Waals surface area contributed by atoms with Gasteiger partial charge in [0, 0.05) is 23.1 Å². The molecule has 2 aliphatic rings. The standard InChI is InChI=1S/C22H23Cl2NO3S/c23-17-5-3-16(4-6-17)22(12-1-2-13-22)21(26)25-14-11-20(15-25)29(27,28)19-9-7-18(24)8-10-19/h3-10,20H,1-2,11-15H2. The van der Waals surface area contributed by atoms with Crippen molar-refractivity contribution in [3.05, 3.63) is 64.1 Å². The van der Waals surface area contributed by atoms with Gasteiger partial charge < -0.3 is 4.90 Å². The molecule has 1 atom stereocenters. The van der Waals surface area contributed by atoms with Crippen LogP contribution in [0, 0.1) is 0 Å². The van der Waals surface area contributed by atoms with Crippen LogP contribution in [0.25, 0.3) is 0 Å². The number of nitrogens with zero attached hydrogens (tertiary/aromatic N) is 1. The zero-order valence-electron chi connectivity index (χ0n) is 16.0. The third-order valence-corrected chi connectivity index (χ3v) is 8.97. The van der Waals surface area contributed by atoms with Gasteiger partial charge in [0.25, 0.3) is 0 Å². The fourth-order valence-corrected chi connectivity index (χ4v) is 6.60. The number of amides is 1. The van der Waals surface area contributed by atoms with Crippen molar-refractivity contribution < 1.29 is 13.2 Å². The van der Waals surface area contributed by atoms with E-state index in [9.17, 15) is 13.2 Å². The quantitative estimate of drug-likeness (QED) is 0.665. The van der Waals surface area contributed by atoms with E-state index in [1.165, 1.54) is 12.1 Å². The van der Waals surface area contributed by atoms with Crippen molar-refractivity contribution in [2.75, 3.05) is 13.1 Å². The van der Waals surface area contributed by atoms with E-state index in [2.05, 4.69) is 0 Å². The first-order valence-electron chi connectivity index (χ1n) is 9.88. The molecule has 1 amide bonds. The zero-order valence-corrected chi connectivity index (χ0v) is 18.3. The molecule has 2 fully saturated rings. The zero-order chi connectivity index (χ0) is 20.6. The number of likely N-dealkylation sites (tertiary alicyclic amines) is 1. The van der Waals surface area contributed by atoms with Crippen LogP contribution >= 0.6 is 23.2 Å². The lowest BCUT2D eigenvalue weighted by atomic mass is 9.77. The second kappa shape index (κ2) is 7.93. The van der Waals surface area contributed by atoms with E-state index < -0.39 is 20.5 Å². The lowest BCUT2D eigenvalue weighted by molar-refractivity contribution is -0.136. The lowest BCUT2D eigenvalue weighted by Crippen LogP contribution is -2.45. The Labute approximate surface area is 181 Å². The van der Waals surface area contributed by atoms with E-state index in [0.717, 1.165) is 31.2 Å². The van der Waals surface area contributed by atoms with E-state index in [4.69, 9.17) is 23.2 Å². The van der Waals surface area contributed by atoms with Crippen LogP contribution in [0.2, 0.25) is 10.0 Å². The van der Waals surface area contributed by atoms with Gasteiger partial charge in [-0.1, -0.05) is 48.2 Å². The molecule has 4 rings (SSSR count). The molecule has 1 aliphatic carbocycles. The van der Waals surface area contributed by atoms with Gasteiger partial charge in [0.15, 0.2) is 9.84 Å². The highest BCUT2D eigenvalue weighted by atomic mass is 35.5. The first kappa shape index (κ1) is 20.7. The highest BCUT2D eigenvalue weighted by Crippen LogP contribution is 2.43. The molecule has 1 aliphatic heterocycles. The maximum Gasteiger partial charge on any atom is 0.233 e. The van der Waals surface area contributed by atoms with Gasteiger partial charge in [-0.05, 0) is 61.2 Å². The first-order valence-corrected chi connectivity index (χ1v) is 12.2. The maximum absolute atomic E-state index is 13.6. The molecular formula is C22H23Cl2NO3S. The van der Waals surface area contributed by atoms with Crippen molar-refractivity contribution in [3.8, 4) is 0 Å². The van der Waals surface area contributed by atoms with Crippen LogP contribution in [-0.2, 0) is 20.0 Å². The molecule has 29 heavy (non-hydrogen) atoms. The summed E-state index contributed by atoms with van der Waals surface area (Å²) in [5, 5.41) is 0.555. The summed E-state index contributed by atoms with van der Waals surface area (Å²) in [7, 11) is -3.51. The van der Waals surface area contributed by atoms with Crippen LogP contribution in [0.15, 0.2) is 53.4 Å². The van der Waals surface area contributed by atoms with Crippen LogP contribution in [-0.4, -0.2) is 37.6 Å². The van der Waals surface area contributed by atoms with Crippen molar-refractivity contribution in [1.29, 1.82) is 0 Å². The SMILES string of the molecule is O=C(N1CCC(S(=O)(=O)c2ccc(Cl)cc2)C1)C1(c2ccc(Cl)cc2)CCCC1. The van der Waals surface area contributed by atoms with Crippen molar-refractivity contribution in [3.63, 3.8) is 0 Å². The molecule has 7 heteroatoms. The van der Waals surface area contributed by atoms with Crippen LogP contribution in [0.5, 0.6) is 0 Å². The number of carbonyl (C=O) groups excluding carboxylic acids is 1. The number of hydrogen-bond donors (Lipinski definition) is 0. The van der Waals surface area contributed by atoms with Crippen molar-refractivity contribution in [2.45, 2.75) is 47.7 Å². The Hall–Kier alpha value is -1.56. The summed E-state index contributed by atoms with van der Waals surface area (Å²) in [5.74, 6) is 0.0473. The van der Waals surface area contributed by atoms with Crippen LogP contribution in [0.4, 0.5) is 0 Å². The molecule has 1 heterocycles. The molecule has 0 spiro atoms. The van der Waals surface area contributed by atoms with Gasteiger partial charge in [0.05, 0.1) is 15.6 Å². The van der Waals surface area contributed by atoms with Crippen LogP contribution in [0.1, 0.15) is 37.7 Å². The predicted octanol–water partition coefficient (Wildman–Crippen LogP) is 4.88. The Kier molecular flexibility index (Phi) is 5.66. The smallest absolute Gasteiger partial charge is 0.233 e. The second-order valence-corrected chi connectivity index (χ2v) is 11.1. The minimum Gasteiger partial charge on any atom is -0.341 e. The maximum atomic E-state index is 13.6. The Morgan fingerprint density at radius 2 is 1.48 bits per heavy atom. The Bertz CT molecular complexity index is 997. The molecule has 2 aromatic rings. The minimum absolute atomic E-state index is 0.0473.